The molecule has 2 aromatic carbocycles. The summed E-state index contributed by atoms with van der Waals surface area (Å²) in [5, 5.41) is 8.88. The molecule has 0 radical (unpaired) electrons. The van der Waals surface area contributed by atoms with E-state index in [9.17, 15) is 26.2 Å². The van der Waals surface area contributed by atoms with Crippen LogP contribution in [0.2, 0.25) is 0 Å². The largest absolute Gasteiger partial charge is 0.478 e. The zero-order valence-corrected chi connectivity index (χ0v) is 13.9. The van der Waals surface area contributed by atoms with E-state index in [1.165, 1.54) is 19.1 Å². The Bertz CT molecular complexity index is 1040. The number of anilines is 1. The number of nitrogens with two attached hydrogens (primary N) is 1. The van der Waals surface area contributed by atoms with Crippen molar-refractivity contribution in [2.24, 2.45) is 0 Å². The van der Waals surface area contributed by atoms with Gasteiger partial charge in [-0.1, -0.05) is 6.07 Å². The number of aryl methyl sites for hydroxylation is 1. The Morgan fingerprint density at radius 2 is 1.62 bits per heavy atom. The first-order valence-corrected chi connectivity index (χ1v) is 9.33. The third-order valence-electron chi connectivity index (χ3n) is 3.29. The Morgan fingerprint density at radius 1 is 1.00 bits per heavy atom. The predicted octanol–water partition coefficient (Wildman–Crippen LogP) is 1.35. The van der Waals surface area contributed by atoms with Gasteiger partial charge in [-0.25, -0.2) is 13.2 Å². The molecule has 2 aromatic rings. The predicted molar refractivity (Wildman–Crippen MR) is 84.3 cm³/mol. The molecule has 0 bridgehead atoms. The quantitative estimate of drug-likeness (QED) is 0.538. The van der Waals surface area contributed by atoms with Crippen molar-refractivity contribution in [2.45, 2.75) is 21.6 Å². The van der Waals surface area contributed by atoms with Crippen molar-refractivity contribution < 1.29 is 31.3 Å². The first-order valence-electron chi connectivity index (χ1n) is 6.40. The molecule has 24 heavy (non-hydrogen) atoms. The minimum atomic E-state index is -4.60. The molecule has 0 saturated carbocycles. The monoisotopic (exact) mass is 371 g/mol. The summed E-state index contributed by atoms with van der Waals surface area (Å²) in [6.45, 7) is 1.40. The molecule has 0 amide bonds. The first kappa shape index (κ1) is 17.9. The molecule has 0 aliphatic rings. The SMILES string of the molecule is Cc1ccc(S(=O)(=O)c2ccc(C(=O)O)cc2N)cc1S(=O)(=O)O. The lowest BCUT2D eigenvalue weighted by molar-refractivity contribution is 0.0696. The molecule has 2 rings (SSSR count). The standard InChI is InChI=1S/C14H13NO7S2/c1-8-2-4-10(7-13(8)24(20,21)22)23(18,19)12-5-3-9(14(16)17)6-11(12)15/h2-7H,15H2,1H3,(H,16,17)(H,20,21,22). The van der Waals surface area contributed by atoms with Gasteiger partial charge >= 0.3 is 5.97 Å². The van der Waals surface area contributed by atoms with Gasteiger partial charge < -0.3 is 10.8 Å². The number of benzene rings is 2. The fourth-order valence-electron chi connectivity index (χ4n) is 2.08. The Labute approximate surface area is 138 Å². The highest BCUT2D eigenvalue weighted by Gasteiger charge is 2.24. The topological polar surface area (TPSA) is 152 Å². The minimum absolute atomic E-state index is 0.172. The molecule has 10 heteroatoms. The fourth-order valence-corrected chi connectivity index (χ4v) is 4.29. The van der Waals surface area contributed by atoms with Crippen LogP contribution in [0.3, 0.4) is 0 Å². The van der Waals surface area contributed by atoms with Crippen molar-refractivity contribution in [3.63, 3.8) is 0 Å². The van der Waals surface area contributed by atoms with Crippen LogP contribution in [0.25, 0.3) is 0 Å². The molecule has 0 saturated heterocycles. The van der Waals surface area contributed by atoms with Gasteiger partial charge in [0.15, 0.2) is 0 Å². The van der Waals surface area contributed by atoms with Gasteiger partial charge in [-0.15, -0.1) is 0 Å². The van der Waals surface area contributed by atoms with Gasteiger partial charge in [0.2, 0.25) is 9.84 Å². The van der Waals surface area contributed by atoms with Crippen LogP contribution in [-0.4, -0.2) is 32.5 Å². The summed E-state index contributed by atoms with van der Waals surface area (Å²) in [7, 11) is -8.81. The van der Waals surface area contributed by atoms with E-state index < -0.39 is 35.7 Å². The van der Waals surface area contributed by atoms with E-state index in [0.717, 1.165) is 24.3 Å². The smallest absolute Gasteiger partial charge is 0.335 e. The summed E-state index contributed by atoms with van der Waals surface area (Å²) in [6, 6.07) is 6.32. The average molecular weight is 371 g/mol. The summed E-state index contributed by atoms with van der Waals surface area (Å²) in [4.78, 5) is 9.58. The molecule has 4 N–H and O–H groups in total. The van der Waals surface area contributed by atoms with Crippen LogP contribution < -0.4 is 5.73 Å². The lowest BCUT2D eigenvalue weighted by Gasteiger charge is -2.10. The number of rotatable bonds is 4. The molecule has 0 spiro atoms. The van der Waals surface area contributed by atoms with E-state index in [4.69, 9.17) is 10.8 Å². The van der Waals surface area contributed by atoms with Crippen molar-refractivity contribution in [3.8, 4) is 0 Å². The third kappa shape index (κ3) is 3.25. The average Bonchev–Trinajstić information content (AvgIpc) is 2.45. The minimum Gasteiger partial charge on any atom is -0.478 e. The van der Waals surface area contributed by atoms with Crippen molar-refractivity contribution in [3.05, 3.63) is 47.5 Å². The molecule has 0 fully saturated rings. The maximum Gasteiger partial charge on any atom is 0.335 e. The summed E-state index contributed by atoms with van der Waals surface area (Å²) >= 11 is 0. The highest BCUT2D eigenvalue weighted by atomic mass is 32.2. The van der Waals surface area contributed by atoms with E-state index >= 15 is 0 Å². The third-order valence-corrected chi connectivity index (χ3v) is 6.12. The molecule has 0 atom stereocenters. The zero-order chi connectivity index (χ0) is 18.3. The normalized spacial score (nSPS) is 12.1. The van der Waals surface area contributed by atoms with Crippen molar-refractivity contribution in [2.75, 3.05) is 5.73 Å². The second kappa shape index (κ2) is 5.89. The maximum absolute atomic E-state index is 12.6. The summed E-state index contributed by atoms with van der Waals surface area (Å²) in [5.74, 6) is -1.27. The van der Waals surface area contributed by atoms with Crippen molar-refractivity contribution in [1.82, 2.24) is 0 Å². The van der Waals surface area contributed by atoms with Gasteiger partial charge in [0.1, 0.15) is 0 Å². The second-order valence-electron chi connectivity index (χ2n) is 4.96. The molecule has 8 nitrogen and oxygen atoms in total. The van der Waals surface area contributed by atoms with Gasteiger partial charge in [0, 0.05) is 0 Å². The van der Waals surface area contributed by atoms with Crippen LogP contribution in [0.4, 0.5) is 5.69 Å². The maximum atomic E-state index is 12.6. The van der Waals surface area contributed by atoms with Crippen LogP contribution in [-0.2, 0) is 20.0 Å². The van der Waals surface area contributed by atoms with Gasteiger partial charge in [0.25, 0.3) is 10.1 Å². The van der Waals surface area contributed by atoms with Gasteiger partial charge in [-0.2, -0.15) is 8.42 Å². The molecule has 0 aromatic heterocycles. The molecule has 0 aliphatic carbocycles. The molecule has 0 unspecified atom stereocenters. The molecule has 128 valence electrons. The summed E-state index contributed by atoms with van der Waals surface area (Å²) in [5.41, 5.74) is 5.32. The highest BCUT2D eigenvalue weighted by molar-refractivity contribution is 7.91. The second-order valence-corrected chi connectivity index (χ2v) is 8.27. The highest BCUT2D eigenvalue weighted by Crippen LogP contribution is 2.29. The van der Waals surface area contributed by atoms with Crippen molar-refractivity contribution >= 4 is 31.6 Å². The van der Waals surface area contributed by atoms with Crippen LogP contribution in [0.1, 0.15) is 15.9 Å². The fraction of sp³-hybridized carbons (Fsp3) is 0.0714. The van der Waals surface area contributed by atoms with E-state index in [2.05, 4.69) is 0 Å². The van der Waals surface area contributed by atoms with Crippen LogP contribution in [0.15, 0.2) is 51.1 Å². The molecular formula is C14H13NO7S2. The van der Waals surface area contributed by atoms with Gasteiger partial charge in [-0.05, 0) is 42.8 Å². The Hall–Kier alpha value is -2.43. The number of hydrogen-bond donors (Lipinski definition) is 3. The number of carboxylic acid groups (broad SMARTS) is 1. The first-order chi connectivity index (χ1) is 10.9. The zero-order valence-electron chi connectivity index (χ0n) is 12.3. The number of nitrogen functional groups attached to an aromatic ring is 1. The number of aromatic carboxylic acids is 1. The van der Waals surface area contributed by atoms with Crippen LogP contribution in [0, 0.1) is 6.92 Å². The molecule has 0 heterocycles. The number of carbonyl (C=O) groups is 1. The number of sulfone groups is 1. The number of hydrogen-bond acceptors (Lipinski definition) is 6. The lowest BCUT2D eigenvalue weighted by atomic mass is 10.2. The lowest BCUT2D eigenvalue weighted by Crippen LogP contribution is -2.09. The Morgan fingerprint density at radius 3 is 2.12 bits per heavy atom. The van der Waals surface area contributed by atoms with Gasteiger partial charge in [0.05, 0.1) is 25.9 Å². The van der Waals surface area contributed by atoms with E-state index in [-0.39, 0.29) is 21.7 Å². The van der Waals surface area contributed by atoms with E-state index in [1.54, 1.807) is 0 Å². The number of carboxylic acids is 1. The van der Waals surface area contributed by atoms with E-state index in [1.807, 2.05) is 0 Å². The van der Waals surface area contributed by atoms with Gasteiger partial charge in [-0.3, -0.25) is 4.55 Å². The van der Waals surface area contributed by atoms with E-state index in [0.29, 0.717) is 0 Å². The Kier molecular flexibility index (Phi) is 4.40. The Balaban J connectivity index is 2.66. The van der Waals surface area contributed by atoms with Crippen molar-refractivity contribution in [1.29, 1.82) is 0 Å². The van der Waals surface area contributed by atoms with Crippen LogP contribution in [0.5, 0.6) is 0 Å². The molecular weight excluding hydrogens is 358 g/mol. The van der Waals surface area contributed by atoms with Crippen LogP contribution >= 0.6 is 0 Å². The summed E-state index contributed by atoms with van der Waals surface area (Å²) < 4.78 is 57.1. The summed E-state index contributed by atoms with van der Waals surface area (Å²) in [6.07, 6.45) is 0. The molecule has 0 aliphatic heterocycles.